The molecule has 0 aromatic rings. The molecule has 0 unspecified atom stereocenters. The minimum Gasteiger partial charge on any atom is -0.481 e. The van der Waals surface area contributed by atoms with Crippen molar-refractivity contribution in [1.82, 2.24) is 5.43 Å². The maximum atomic E-state index is 10.2. The number of nitrogens with one attached hydrogen (secondary N) is 1. The van der Waals surface area contributed by atoms with Crippen LogP contribution < -0.4 is 11.3 Å². The molecule has 0 saturated carbocycles. The predicted octanol–water partition coefficient (Wildman–Crippen LogP) is 0.775. The Morgan fingerprint density at radius 2 is 2.33 bits per heavy atom. The van der Waals surface area contributed by atoms with Gasteiger partial charge in [0, 0.05) is 5.70 Å². The van der Waals surface area contributed by atoms with E-state index in [2.05, 4.69) is 5.43 Å². The molecule has 0 bridgehead atoms. The van der Waals surface area contributed by atoms with Gasteiger partial charge in [0.15, 0.2) is 0 Å². The van der Waals surface area contributed by atoms with Crippen molar-refractivity contribution in [2.24, 2.45) is 5.84 Å². The second-order valence-corrected chi connectivity index (χ2v) is 2.21. The lowest BCUT2D eigenvalue weighted by molar-refractivity contribution is -0.136. The lowest BCUT2D eigenvalue weighted by Gasteiger charge is -1.98. The predicted molar refractivity (Wildman–Crippen MR) is 47.1 cm³/mol. The highest BCUT2D eigenvalue weighted by molar-refractivity contribution is 5.68. The van der Waals surface area contributed by atoms with Crippen LogP contribution in [0.2, 0.25) is 0 Å². The fourth-order valence-electron chi connectivity index (χ4n) is 0.617. The third kappa shape index (κ3) is 5.49. The number of allylic oxidation sites excluding steroid dienone is 2. The Morgan fingerprint density at radius 1 is 1.67 bits per heavy atom. The molecular weight excluding hydrogens is 156 g/mol. The van der Waals surface area contributed by atoms with Gasteiger partial charge in [-0.15, -0.1) is 0 Å². The summed E-state index contributed by atoms with van der Waals surface area (Å²) in [7, 11) is 0. The lowest BCUT2D eigenvalue weighted by atomic mass is 10.3. The van der Waals surface area contributed by atoms with Gasteiger partial charge in [-0.05, 0) is 18.6 Å². The summed E-state index contributed by atoms with van der Waals surface area (Å²) in [5, 5.41) is 8.35. The van der Waals surface area contributed by atoms with Crippen LogP contribution in [0.15, 0.2) is 23.9 Å². The summed E-state index contributed by atoms with van der Waals surface area (Å²) in [4.78, 5) is 10.2. The largest absolute Gasteiger partial charge is 0.481 e. The number of hydrogen-bond donors (Lipinski definition) is 3. The summed E-state index contributed by atoms with van der Waals surface area (Å²) < 4.78 is 0. The molecule has 4 nitrogen and oxygen atoms in total. The fourth-order valence-corrected chi connectivity index (χ4v) is 0.617. The highest BCUT2D eigenvalue weighted by atomic mass is 16.4. The van der Waals surface area contributed by atoms with Gasteiger partial charge in [0.05, 0.1) is 6.42 Å². The normalized spacial score (nSPS) is 12.0. The molecule has 0 amide bonds. The van der Waals surface area contributed by atoms with Crippen molar-refractivity contribution in [3.8, 4) is 0 Å². The second kappa shape index (κ2) is 6.42. The lowest BCUT2D eigenvalue weighted by Crippen LogP contribution is -2.20. The van der Waals surface area contributed by atoms with Gasteiger partial charge in [0.2, 0.25) is 0 Å². The smallest absolute Gasteiger partial charge is 0.307 e. The molecule has 4 N–H and O–H groups in total. The topological polar surface area (TPSA) is 75.3 Å². The average Bonchev–Trinajstić information content (AvgIpc) is 2.05. The molecule has 0 aromatic carbocycles. The number of hydrogen-bond acceptors (Lipinski definition) is 3. The minimum atomic E-state index is -0.868. The first kappa shape index (κ1) is 10.7. The Balaban J connectivity index is 4.04. The zero-order valence-corrected chi connectivity index (χ0v) is 7.08. The van der Waals surface area contributed by atoms with Gasteiger partial charge < -0.3 is 10.5 Å². The number of nitrogens with two attached hydrogens (primary N) is 1. The Kier molecular flexibility index (Phi) is 5.73. The van der Waals surface area contributed by atoms with Gasteiger partial charge in [-0.25, -0.2) is 0 Å². The van der Waals surface area contributed by atoms with Crippen LogP contribution in [-0.4, -0.2) is 11.1 Å². The Bertz CT molecular complexity index is 197. The van der Waals surface area contributed by atoms with E-state index in [9.17, 15) is 4.79 Å². The van der Waals surface area contributed by atoms with E-state index in [1.165, 1.54) is 6.08 Å². The molecule has 0 saturated heterocycles. The molecule has 0 aliphatic heterocycles. The fraction of sp³-hybridized carbons (Fsp3) is 0.375. The van der Waals surface area contributed by atoms with E-state index in [0.29, 0.717) is 5.70 Å². The summed E-state index contributed by atoms with van der Waals surface area (Å²) in [6.45, 7) is 1.99. The van der Waals surface area contributed by atoms with Crippen molar-refractivity contribution < 1.29 is 9.90 Å². The molecule has 68 valence electrons. The molecule has 12 heavy (non-hydrogen) atoms. The molecular formula is C8H14N2O2. The number of hydrazine groups is 1. The van der Waals surface area contributed by atoms with Crippen LogP contribution in [0.4, 0.5) is 0 Å². The molecule has 4 heteroatoms. The first-order valence-electron chi connectivity index (χ1n) is 3.75. The Hall–Kier alpha value is -1.29. The zero-order chi connectivity index (χ0) is 9.40. The van der Waals surface area contributed by atoms with Crippen LogP contribution in [0, 0.1) is 0 Å². The van der Waals surface area contributed by atoms with Crippen LogP contribution in [0.3, 0.4) is 0 Å². The molecule has 0 aliphatic rings. The average molecular weight is 170 g/mol. The third-order valence-electron chi connectivity index (χ3n) is 1.20. The highest BCUT2D eigenvalue weighted by Gasteiger charge is 1.92. The summed E-state index contributed by atoms with van der Waals surface area (Å²) in [6.07, 6.45) is 6.05. The summed E-state index contributed by atoms with van der Waals surface area (Å²) in [6, 6.07) is 0. The zero-order valence-electron chi connectivity index (χ0n) is 7.08. The quantitative estimate of drug-likeness (QED) is 0.323. The Labute approximate surface area is 71.7 Å². The Morgan fingerprint density at radius 3 is 2.75 bits per heavy atom. The van der Waals surface area contributed by atoms with Crippen LogP contribution in [0.5, 0.6) is 0 Å². The number of carboxylic acid groups (broad SMARTS) is 1. The van der Waals surface area contributed by atoms with Gasteiger partial charge in [0.25, 0.3) is 0 Å². The van der Waals surface area contributed by atoms with E-state index in [-0.39, 0.29) is 6.42 Å². The van der Waals surface area contributed by atoms with Crippen LogP contribution in [-0.2, 0) is 4.79 Å². The van der Waals surface area contributed by atoms with E-state index in [1.807, 2.05) is 13.0 Å². The molecule has 0 radical (unpaired) electrons. The van der Waals surface area contributed by atoms with Gasteiger partial charge in [0.1, 0.15) is 0 Å². The van der Waals surface area contributed by atoms with Crippen molar-refractivity contribution in [2.75, 3.05) is 0 Å². The number of carboxylic acids is 1. The number of aliphatic carboxylic acids is 1. The van der Waals surface area contributed by atoms with Gasteiger partial charge in [-0.1, -0.05) is 13.0 Å². The third-order valence-corrected chi connectivity index (χ3v) is 1.20. The molecule has 0 aliphatic carbocycles. The summed E-state index contributed by atoms with van der Waals surface area (Å²) in [5.41, 5.74) is 3.03. The van der Waals surface area contributed by atoms with E-state index in [1.54, 1.807) is 6.08 Å². The van der Waals surface area contributed by atoms with Crippen molar-refractivity contribution >= 4 is 5.97 Å². The van der Waals surface area contributed by atoms with E-state index >= 15 is 0 Å². The molecule has 0 spiro atoms. The summed E-state index contributed by atoms with van der Waals surface area (Å²) >= 11 is 0. The highest BCUT2D eigenvalue weighted by Crippen LogP contribution is 1.94. The second-order valence-electron chi connectivity index (χ2n) is 2.21. The van der Waals surface area contributed by atoms with Gasteiger partial charge >= 0.3 is 5.97 Å². The molecule has 0 atom stereocenters. The van der Waals surface area contributed by atoms with E-state index in [4.69, 9.17) is 10.9 Å². The van der Waals surface area contributed by atoms with Crippen molar-refractivity contribution in [2.45, 2.75) is 19.8 Å². The SMILES string of the molecule is CC/C=C\C(=C/CC(=O)O)NN. The molecule has 0 fully saturated rings. The standard InChI is InChI=1S/C8H14N2O2/c1-2-3-4-7(10-9)5-6-8(11)12/h3-5,10H,2,6,9H2,1H3,(H,11,12)/b4-3-,7-5+. The van der Waals surface area contributed by atoms with Crippen LogP contribution in [0.1, 0.15) is 19.8 Å². The van der Waals surface area contributed by atoms with Gasteiger partial charge in [-0.2, -0.15) is 0 Å². The monoisotopic (exact) mass is 170 g/mol. The van der Waals surface area contributed by atoms with Crippen molar-refractivity contribution in [3.05, 3.63) is 23.9 Å². The van der Waals surface area contributed by atoms with E-state index < -0.39 is 5.97 Å². The van der Waals surface area contributed by atoms with Crippen molar-refractivity contribution in [3.63, 3.8) is 0 Å². The summed E-state index contributed by atoms with van der Waals surface area (Å²) in [5.74, 6) is 4.27. The molecule has 0 rings (SSSR count). The van der Waals surface area contributed by atoms with Crippen LogP contribution in [0.25, 0.3) is 0 Å². The van der Waals surface area contributed by atoms with Crippen molar-refractivity contribution in [1.29, 1.82) is 0 Å². The first-order valence-corrected chi connectivity index (χ1v) is 3.75. The molecule has 0 aromatic heterocycles. The number of carbonyl (C=O) groups is 1. The van der Waals surface area contributed by atoms with Crippen LogP contribution >= 0.6 is 0 Å². The maximum absolute atomic E-state index is 10.2. The molecule has 0 heterocycles. The first-order chi connectivity index (χ1) is 5.70. The van der Waals surface area contributed by atoms with E-state index in [0.717, 1.165) is 6.42 Å². The number of rotatable bonds is 5. The van der Waals surface area contributed by atoms with Gasteiger partial charge in [-0.3, -0.25) is 10.6 Å². The maximum Gasteiger partial charge on any atom is 0.307 e. The minimum absolute atomic E-state index is 0.0203.